The van der Waals surface area contributed by atoms with Crippen LogP contribution in [-0.2, 0) is 11.3 Å². The van der Waals surface area contributed by atoms with Crippen molar-refractivity contribution in [3.05, 3.63) is 35.4 Å². The summed E-state index contributed by atoms with van der Waals surface area (Å²) in [7, 11) is 3.31. The van der Waals surface area contributed by atoms with E-state index in [2.05, 4.69) is 5.32 Å². The molecule has 1 rings (SSSR count). The van der Waals surface area contributed by atoms with Gasteiger partial charge in [0.25, 0.3) is 5.91 Å². The normalized spacial score (nSPS) is 11.8. The largest absolute Gasteiger partial charge is 0.347 e. The van der Waals surface area contributed by atoms with Crippen LogP contribution in [0.3, 0.4) is 0 Å². The van der Waals surface area contributed by atoms with E-state index >= 15 is 0 Å². The smallest absolute Gasteiger partial charge is 0.251 e. The van der Waals surface area contributed by atoms with Gasteiger partial charge in [0.05, 0.1) is 0 Å². The van der Waals surface area contributed by atoms with Gasteiger partial charge in [-0.1, -0.05) is 12.1 Å². The topological polar surface area (TPSA) is 75.4 Å². The van der Waals surface area contributed by atoms with Crippen LogP contribution in [0.15, 0.2) is 24.3 Å². The van der Waals surface area contributed by atoms with Crippen molar-refractivity contribution in [2.24, 2.45) is 5.73 Å². The summed E-state index contributed by atoms with van der Waals surface area (Å²) in [5.41, 5.74) is 6.96. The van der Waals surface area contributed by atoms with Crippen molar-refractivity contribution < 1.29 is 9.59 Å². The molecule has 0 saturated heterocycles. The van der Waals surface area contributed by atoms with Crippen molar-refractivity contribution in [1.82, 2.24) is 10.2 Å². The maximum atomic E-state index is 11.9. The molecular formula is C13H19N3O2. The van der Waals surface area contributed by atoms with Gasteiger partial charge in [-0.05, 0) is 24.6 Å². The van der Waals surface area contributed by atoms with Crippen LogP contribution in [0.2, 0.25) is 0 Å². The van der Waals surface area contributed by atoms with Crippen LogP contribution in [0.5, 0.6) is 0 Å². The molecule has 1 unspecified atom stereocenters. The average molecular weight is 249 g/mol. The Morgan fingerprint density at radius 1 is 1.28 bits per heavy atom. The van der Waals surface area contributed by atoms with Gasteiger partial charge in [-0.15, -0.1) is 0 Å². The molecule has 18 heavy (non-hydrogen) atoms. The molecule has 0 spiro atoms. The number of hydrogen-bond acceptors (Lipinski definition) is 3. The van der Waals surface area contributed by atoms with Crippen LogP contribution in [0.25, 0.3) is 0 Å². The highest BCUT2D eigenvalue weighted by molar-refractivity contribution is 5.97. The van der Waals surface area contributed by atoms with E-state index in [0.717, 1.165) is 5.56 Å². The summed E-state index contributed by atoms with van der Waals surface area (Å²) in [6, 6.07) is 6.46. The number of amides is 2. The third-order valence-corrected chi connectivity index (χ3v) is 2.61. The maximum absolute atomic E-state index is 11.9. The van der Waals surface area contributed by atoms with Crippen LogP contribution >= 0.6 is 0 Å². The molecule has 1 aromatic carbocycles. The Labute approximate surface area is 107 Å². The van der Waals surface area contributed by atoms with Crippen molar-refractivity contribution in [3.8, 4) is 0 Å². The number of likely N-dealkylation sites (N-methyl/N-ethyl adjacent to an activating group) is 1. The van der Waals surface area contributed by atoms with E-state index in [1.165, 1.54) is 4.90 Å². The average Bonchev–Trinajstić information content (AvgIpc) is 2.37. The lowest BCUT2D eigenvalue weighted by Crippen LogP contribution is -2.44. The summed E-state index contributed by atoms with van der Waals surface area (Å²) in [4.78, 5) is 24.9. The van der Waals surface area contributed by atoms with Crippen molar-refractivity contribution in [3.63, 3.8) is 0 Å². The zero-order valence-electron chi connectivity index (χ0n) is 10.9. The molecule has 0 radical (unpaired) electrons. The van der Waals surface area contributed by atoms with Crippen LogP contribution in [0.1, 0.15) is 22.8 Å². The lowest BCUT2D eigenvalue weighted by atomic mass is 10.1. The zero-order chi connectivity index (χ0) is 13.7. The molecule has 0 aliphatic heterocycles. The van der Waals surface area contributed by atoms with Crippen LogP contribution < -0.4 is 11.1 Å². The quantitative estimate of drug-likeness (QED) is 0.808. The number of carbonyl (C=O) groups excluding carboxylic acids is 2. The molecule has 0 fully saturated rings. The van der Waals surface area contributed by atoms with E-state index in [4.69, 9.17) is 5.73 Å². The molecule has 0 saturated carbocycles. The SMILES string of the molecule is CC(NC(=O)c1ccc(CN)cc1)C(=O)N(C)C. The third-order valence-electron chi connectivity index (χ3n) is 2.61. The molecule has 1 aromatic rings. The summed E-state index contributed by atoms with van der Waals surface area (Å²) >= 11 is 0. The molecule has 0 aromatic heterocycles. The monoisotopic (exact) mass is 249 g/mol. The number of nitrogens with two attached hydrogens (primary N) is 1. The fourth-order valence-electron chi connectivity index (χ4n) is 1.52. The molecule has 0 aliphatic rings. The first-order valence-electron chi connectivity index (χ1n) is 5.76. The number of hydrogen-bond donors (Lipinski definition) is 2. The highest BCUT2D eigenvalue weighted by atomic mass is 16.2. The summed E-state index contributed by atoms with van der Waals surface area (Å²) in [6.45, 7) is 2.10. The number of benzene rings is 1. The second-order valence-corrected chi connectivity index (χ2v) is 4.33. The highest BCUT2D eigenvalue weighted by Gasteiger charge is 2.17. The van der Waals surface area contributed by atoms with E-state index in [9.17, 15) is 9.59 Å². The highest BCUT2D eigenvalue weighted by Crippen LogP contribution is 2.04. The summed E-state index contributed by atoms with van der Waals surface area (Å²) < 4.78 is 0. The molecule has 0 aliphatic carbocycles. The minimum Gasteiger partial charge on any atom is -0.347 e. The van der Waals surface area contributed by atoms with Gasteiger partial charge < -0.3 is 16.0 Å². The van der Waals surface area contributed by atoms with Gasteiger partial charge in [0.1, 0.15) is 6.04 Å². The third kappa shape index (κ3) is 3.56. The minimum absolute atomic E-state index is 0.137. The number of nitrogens with zero attached hydrogens (tertiary/aromatic N) is 1. The number of rotatable bonds is 4. The first-order valence-corrected chi connectivity index (χ1v) is 5.76. The lowest BCUT2D eigenvalue weighted by molar-refractivity contribution is -0.130. The van der Waals surface area contributed by atoms with Gasteiger partial charge in [-0.25, -0.2) is 0 Å². The van der Waals surface area contributed by atoms with Gasteiger partial charge in [0, 0.05) is 26.2 Å². The molecule has 1 atom stereocenters. The van der Waals surface area contributed by atoms with Crippen molar-refractivity contribution in [2.45, 2.75) is 19.5 Å². The predicted octanol–water partition coefficient (Wildman–Crippen LogP) is 0.352. The summed E-state index contributed by atoms with van der Waals surface area (Å²) in [6.07, 6.45) is 0. The van der Waals surface area contributed by atoms with Gasteiger partial charge in [-0.2, -0.15) is 0 Å². The Hall–Kier alpha value is -1.88. The first kappa shape index (κ1) is 14.2. The number of nitrogens with one attached hydrogen (secondary N) is 1. The fraction of sp³-hybridized carbons (Fsp3) is 0.385. The van der Waals surface area contributed by atoms with E-state index in [-0.39, 0.29) is 11.8 Å². The maximum Gasteiger partial charge on any atom is 0.251 e. The van der Waals surface area contributed by atoms with Gasteiger partial charge in [0.2, 0.25) is 5.91 Å². The molecule has 5 heteroatoms. The van der Waals surface area contributed by atoms with Crippen molar-refractivity contribution in [2.75, 3.05) is 14.1 Å². The fourth-order valence-corrected chi connectivity index (χ4v) is 1.52. The Morgan fingerprint density at radius 2 is 1.83 bits per heavy atom. The second kappa shape index (κ2) is 6.16. The van der Waals surface area contributed by atoms with Crippen molar-refractivity contribution >= 4 is 11.8 Å². The molecule has 3 N–H and O–H groups in total. The molecule has 0 heterocycles. The molecule has 2 amide bonds. The minimum atomic E-state index is -0.540. The molecule has 0 bridgehead atoms. The van der Waals surface area contributed by atoms with Gasteiger partial charge in [-0.3, -0.25) is 9.59 Å². The van der Waals surface area contributed by atoms with Crippen molar-refractivity contribution in [1.29, 1.82) is 0 Å². The van der Waals surface area contributed by atoms with E-state index in [1.807, 2.05) is 0 Å². The summed E-state index contributed by atoms with van der Waals surface area (Å²) in [5.74, 6) is -0.400. The Bertz CT molecular complexity index is 426. The van der Waals surface area contributed by atoms with Crippen LogP contribution in [-0.4, -0.2) is 36.9 Å². The number of carbonyl (C=O) groups is 2. The first-order chi connectivity index (χ1) is 8.45. The Kier molecular flexibility index (Phi) is 4.85. The summed E-state index contributed by atoms with van der Waals surface area (Å²) in [5, 5.41) is 2.65. The van der Waals surface area contributed by atoms with Gasteiger partial charge >= 0.3 is 0 Å². The Morgan fingerprint density at radius 3 is 2.28 bits per heavy atom. The molecule has 98 valence electrons. The van der Waals surface area contributed by atoms with Crippen LogP contribution in [0, 0.1) is 0 Å². The van der Waals surface area contributed by atoms with E-state index in [1.54, 1.807) is 45.3 Å². The molecular weight excluding hydrogens is 230 g/mol. The van der Waals surface area contributed by atoms with Crippen LogP contribution in [0.4, 0.5) is 0 Å². The van der Waals surface area contributed by atoms with Gasteiger partial charge in [0.15, 0.2) is 0 Å². The second-order valence-electron chi connectivity index (χ2n) is 4.33. The standard InChI is InChI=1S/C13H19N3O2/c1-9(13(18)16(2)3)15-12(17)11-6-4-10(8-14)5-7-11/h4-7,9H,8,14H2,1-3H3,(H,15,17). The zero-order valence-corrected chi connectivity index (χ0v) is 10.9. The molecule has 5 nitrogen and oxygen atoms in total. The lowest BCUT2D eigenvalue weighted by Gasteiger charge is -2.18. The Balaban J connectivity index is 2.67. The van der Waals surface area contributed by atoms with E-state index in [0.29, 0.717) is 12.1 Å². The predicted molar refractivity (Wildman–Crippen MR) is 70.0 cm³/mol. The van der Waals surface area contributed by atoms with E-state index < -0.39 is 6.04 Å².